The summed E-state index contributed by atoms with van der Waals surface area (Å²) < 4.78 is 31.8. The first-order valence-electron chi connectivity index (χ1n) is 9.34. The highest BCUT2D eigenvalue weighted by atomic mass is 19.1. The van der Waals surface area contributed by atoms with E-state index in [1.54, 1.807) is 18.2 Å². The normalized spacial score (nSPS) is 16.5. The number of rotatable bonds is 7. The molecule has 1 unspecified atom stereocenters. The minimum atomic E-state index is -0.413. The minimum Gasteiger partial charge on any atom is -0.484 e. The zero-order valence-corrected chi connectivity index (χ0v) is 15.9. The van der Waals surface area contributed by atoms with Gasteiger partial charge in [-0.05, 0) is 36.9 Å². The predicted octanol–water partition coefficient (Wildman–Crippen LogP) is 2.45. The Balaban J connectivity index is 1.59. The van der Waals surface area contributed by atoms with Crippen LogP contribution in [0.15, 0.2) is 48.5 Å². The lowest BCUT2D eigenvalue weighted by atomic mass is 10.0. The van der Waals surface area contributed by atoms with E-state index in [1.807, 2.05) is 0 Å². The summed E-state index contributed by atoms with van der Waals surface area (Å²) in [5, 5.41) is 2.88. The molecule has 0 aliphatic carbocycles. The van der Waals surface area contributed by atoms with Crippen molar-refractivity contribution >= 4 is 5.91 Å². The van der Waals surface area contributed by atoms with Gasteiger partial charge in [-0.2, -0.15) is 0 Å². The maximum atomic E-state index is 13.3. The Morgan fingerprint density at radius 2 is 1.79 bits per heavy atom. The van der Waals surface area contributed by atoms with E-state index in [1.165, 1.54) is 30.3 Å². The molecule has 0 spiro atoms. The highest BCUT2D eigenvalue weighted by Crippen LogP contribution is 2.22. The van der Waals surface area contributed by atoms with Crippen molar-refractivity contribution < 1.29 is 18.3 Å². The molecule has 1 N–H and O–H groups in total. The predicted molar refractivity (Wildman–Crippen MR) is 103 cm³/mol. The largest absolute Gasteiger partial charge is 0.484 e. The molecule has 1 heterocycles. The highest BCUT2D eigenvalue weighted by molar-refractivity contribution is 5.77. The average molecular weight is 389 g/mol. The van der Waals surface area contributed by atoms with Crippen LogP contribution in [-0.4, -0.2) is 62.1 Å². The maximum absolute atomic E-state index is 13.3. The molecule has 1 atom stereocenters. The molecule has 5 nitrogen and oxygen atoms in total. The standard InChI is InChI=1S/C21H25F2N3O2/c1-25-9-11-26(12-10-25)20(16-5-7-17(22)8-6-16)14-24-21(27)15-28-19-4-2-3-18(23)13-19/h2-8,13,20H,9-12,14-15H2,1H3,(H,24,27). The molecular weight excluding hydrogens is 364 g/mol. The smallest absolute Gasteiger partial charge is 0.258 e. The van der Waals surface area contributed by atoms with E-state index in [9.17, 15) is 13.6 Å². The fraction of sp³-hybridized carbons (Fsp3) is 0.381. The van der Waals surface area contributed by atoms with Gasteiger partial charge in [-0.3, -0.25) is 9.69 Å². The zero-order chi connectivity index (χ0) is 19.9. The number of carbonyl (C=O) groups excluding carboxylic acids is 1. The number of nitrogens with zero attached hydrogens (tertiary/aromatic N) is 2. The third-order valence-electron chi connectivity index (χ3n) is 4.89. The molecular formula is C21H25F2N3O2. The van der Waals surface area contributed by atoms with Gasteiger partial charge in [0.15, 0.2) is 6.61 Å². The monoisotopic (exact) mass is 389 g/mol. The second-order valence-electron chi connectivity index (χ2n) is 6.96. The first-order chi connectivity index (χ1) is 13.5. The van der Waals surface area contributed by atoms with Gasteiger partial charge < -0.3 is 15.0 Å². The molecule has 0 saturated carbocycles. The summed E-state index contributed by atoms with van der Waals surface area (Å²) in [4.78, 5) is 16.8. The van der Waals surface area contributed by atoms with Crippen molar-refractivity contribution in [3.05, 3.63) is 65.7 Å². The second kappa shape index (κ2) is 9.61. The Kier molecular flexibility index (Phi) is 6.95. The van der Waals surface area contributed by atoms with Crippen molar-refractivity contribution in [1.82, 2.24) is 15.1 Å². The van der Waals surface area contributed by atoms with Gasteiger partial charge in [0, 0.05) is 38.8 Å². The van der Waals surface area contributed by atoms with Crippen LogP contribution in [0, 0.1) is 11.6 Å². The van der Waals surface area contributed by atoms with Crippen LogP contribution in [0.2, 0.25) is 0 Å². The summed E-state index contributed by atoms with van der Waals surface area (Å²) in [6, 6.07) is 12.0. The molecule has 2 aromatic rings. The molecule has 1 fully saturated rings. The third-order valence-corrected chi connectivity index (χ3v) is 4.89. The summed E-state index contributed by atoms with van der Waals surface area (Å²) in [7, 11) is 2.08. The molecule has 0 radical (unpaired) electrons. The summed E-state index contributed by atoms with van der Waals surface area (Å²) in [6.45, 7) is 3.81. The van der Waals surface area contributed by atoms with E-state index >= 15 is 0 Å². The number of benzene rings is 2. The highest BCUT2D eigenvalue weighted by Gasteiger charge is 2.24. The summed E-state index contributed by atoms with van der Waals surface area (Å²) >= 11 is 0. The number of carbonyl (C=O) groups is 1. The number of nitrogens with one attached hydrogen (secondary N) is 1. The van der Waals surface area contributed by atoms with Crippen molar-refractivity contribution in [3.8, 4) is 5.75 Å². The molecule has 150 valence electrons. The van der Waals surface area contributed by atoms with Crippen molar-refractivity contribution in [2.75, 3.05) is 46.4 Å². The second-order valence-corrected chi connectivity index (χ2v) is 6.96. The SMILES string of the molecule is CN1CCN(C(CNC(=O)COc2cccc(F)c2)c2ccc(F)cc2)CC1. The van der Waals surface area contributed by atoms with Gasteiger partial charge in [-0.15, -0.1) is 0 Å². The molecule has 3 rings (SSSR count). The maximum Gasteiger partial charge on any atom is 0.258 e. The number of likely N-dealkylation sites (N-methyl/N-ethyl adjacent to an activating group) is 1. The zero-order valence-electron chi connectivity index (χ0n) is 15.9. The van der Waals surface area contributed by atoms with E-state index < -0.39 is 5.82 Å². The third kappa shape index (κ3) is 5.74. The lowest BCUT2D eigenvalue weighted by Crippen LogP contribution is -2.48. The lowest BCUT2D eigenvalue weighted by molar-refractivity contribution is -0.123. The van der Waals surface area contributed by atoms with Crippen LogP contribution in [0.25, 0.3) is 0 Å². The van der Waals surface area contributed by atoms with E-state index in [2.05, 4.69) is 22.2 Å². The van der Waals surface area contributed by atoms with E-state index in [0.29, 0.717) is 12.3 Å². The summed E-state index contributed by atoms with van der Waals surface area (Å²) in [5.74, 6) is -0.674. The Labute approximate surface area is 163 Å². The van der Waals surface area contributed by atoms with E-state index in [0.717, 1.165) is 31.7 Å². The Hall–Kier alpha value is -2.51. The van der Waals surface area contributed by atoms with Gasteiger partial charge in [0.05, 0.1) is 6.04 Å². The molecule has 1 aliphatic rings. The van der Waals surface area contributed by atoms with Crippen LogP contribution >= 0.6 is 0 Å². The first-order valence-corrected chi connectivity index (χ1v) is 9.34. The molecule has 7 heteroatoms. The number of piperazine rings is 1. The average Bonchev–Trinajstić information content (AvgIpc) is 2.69. The van der Waals surface area contributed by atoms with Crippen molar-refractivity contribution in [3.63, 3.8) is 0 Å². The molecule has 0 bridgehead atoms. The van der Waals surface area contributed by atoms with Crippen LogP contribution in [0.1, 0.15) is 11.6 Å². The number of amides is 1. The van der Waals surface area contributed by atoms with Gasteiger partial charge >= 0.3 is 0 Å². The van der Waals surface area contributed by atoms with Crippen LogP contribution in [0.4, 0.5) is 8.78 Å². The van der Waals surface area contributed by atoms with Crippen molar-refractivity contribution in [1.29, 1.82) is 0 Å². The van der Waals surface area contributed by atoms with Gasteiger partial charge in [-0.25, -0.2) is 8.78 Å². The summed E-state index contributed by atoms with van der Waals surface area (Å²) in [5.41, 5.74) is 0.956. The molecule has 1 saturated heterocycles. The van der Waals surface area contributed by atoms with Crippen LogP contribution < -0.4 is 10.1 Å². The Bertz CT molecular complexity index is 777. The van der Waals surface area contributed by atoms with Crippen molar-refractivity contribution in [2.24, 2.45) is 0 Å². The van der Waals surface area contributed by atoms with Crippen LogP contribution in [0.5, 0.6) is 5.75 Å². The summed E-state index contributed by atoms with van der Waals surface area (Å²) in [6.07, 6.45) is 0. The number of halogens is 2. The quantitative estimate of drug-likeness (QED) is 0.790. The fourth-order valence-electron chi connectivity index (χ4n) is 3.24. The van der Waals surface area contributed by atoms with Crippen LogP contribution in [0.3, 0.4) is 0 Å². The van der Waals surface area contributed by atoms with Gasteiger partial charge in [-0.1, -0.05) is 18.2 Å². The van der Waals surface area contributed by atoms with Gasteiger partial charge in [0.1, 0.15) is 17.4 Å². The van der Waals surface area contributed by atoms with Crippen LogP contribution in [-0.2, 0) is 4.79 Å². The Morgan fingerprint density at radius 1 is 1.07 bits per heavy atom. The van der Waals surface area contributed by atoms with E-state index in [4.69, 9.17) is 4.74 Å². The van der Waals surface area contributed by atoms with Crippen molar-refractivity contribution in [2.45, 2.75) is 6.04 Å². The number of hydrogen-bond donors (Lipinski definition) is 1. The number of hydrogen-bond acceptors (Lipinski definition) is 4. The van der Waals surface area contributed by atoms with Gasteiger partial charge in [0.2, 0.25) is 0 Å². The molecule has 1 amide bonds. The number of ether oxygens (including phenoxy) is 1. The Morgan fingerprint density at radius 3 is 2.46 bits per heavy atom. The fourth-order valence-corrected chi connectivity index (χ4v) is 3.24. The molecule has 0 aromatic heterocycles. The lowest BCUT2D eigenvalue weighted by Gasteiger charge is -2.38. The van der Waals surface area contributed by atoms with E-state index in [-0.39, 0.29) is 24.4 Å². The minimum absolute atomic E-state index is 0.0487. The topological polar surface area (TPSA) is 44.8 Å². The molecule has 1 aliphatic heterocycles. The molecule has 28 heavy (non-hydrogen) atoms. The first kappa shape index (κ1) is 20.2. The van der Waals surface area contributed by atoms with Gasteiger partial charge in [0.25, 0.3) is 5.91 Å². The molecule has 2 aromatic carbocycles.